The number of halogens is 1. The molecule has 3 heteroatoms. The van der Waals surface area contributed by atoms with Gasteiger partial charge in [-0.1, -0.05) is 38.0 Å². The van der Waals surface area contributed by atoms with Gasteiger partial charge in [-0.3, -0.25) is 4.79 Å². The van der Waals surface area contributed by atoms with Crippen LogP contribution in [0.2, 0.25) is 0 Å². The van der Waals surface area contributed by atoms with Gasteiger partial charge in [-0.05, 0) is 36.9 Å². The second kappa shape index (κ2) is 8.81. The number of hydrogen-bond acceptors (Lipinski definition) is 2. The maximum Gasteiger partial charge on any atom is 0.137 e. The van der Waals surface area contributed by atoms with Crippen molar-refractivity contribution in [1.29, 1.82) is 0 Å². The quantitative estimate of drug-likeness (QED) is 0.742. The summed E-state index contributed by atoms with van der Waals surface area (Å²) in [6.07, 6.45) is 4.81. The first kappa shape index (κ1) is 15.8. The van der Waals surface area contributed by atoms with Crippen LogP contribution in [0.4, 0.5) is 4.39 Å². The van der Waals surface area contributed by atoms with Crippen molar-refractivity contribution in [2.75, 3.05) is 6.54 Å². The Kier molecular flexibility index (Phi) is 7.34. The lowest BCUT2D eigenvalue weighted by Crippen LogP contribution is -2.12. The summed E-state index contributed by atoms with van der Waals surface area (Å²) >= 11 is 0. The number of carbonyl (C=O) groups excluding carboxylic acids is 1. The Bertz CT molecular complexity index is 386. The first-order valence-corrected chi connectivity index (χ1v) is 7.12. The largest absolute Gasteiger partial charge is 0.330 e. The number of hydrogen-bond donors (Lipinski definition) is 1. The predicted octanol–water partition coefficient (Wildman–Crippen LogP) is 3.48. The van der Waals surface area contributed by atoms with Crippen LogP contribution in [0.3, 0.4) is 0 Å². The minimum atomic E-state index is -0.289. The summed E-state index contributed by atoms with van der Waals surface area (Å²) in [6.45, 7) is 2.82. The lowest BCUT2D eigenvalue weighted by atomic mass is 9.92. The Morgan fingerprint density at radius 3 is 2.63 bits per heavy atom. The van der Waals surface area contributed by atoms with E-state index in [2.05, 4.69) is 6.92 Å². The molecule has 0 bridgehead atoms. The molecule has 0 aliphatic carbocycles. The van der Waals surface area contributed by atoms with Gasteiger partial charge in [-0.15, -0.1) is 0 Å². The molecule has 0 aliphatic rings. The van der Waals surface area contributed by atoms with Gasteiger partial charge in [0.25, 0.3) is 0 Å². The maximum absolute atomic E-state index is 13.4. The Morgan fingerprint density at radius 1 is 1.26 bits per heavy atom. The molecule has 1 aromatic carbocycles. The second-order valence-corrected chi connectivity index (χ2v) is 5.08. The monoisotopic (exact) mass is 265 g/mol. The average molecular weight is 265 g/mol. The van der Waals surface area contributed by atoms with E-state index in [-0.39, 0.29) is 18.0 Å². The standard InChI is InChI=1S/C16H24FNO/c1-2-5-13(10-11-18)8-9-15(19)12-14-6-3-4-7-16(14)17/h3-4,6-7,13H,2,5,8-12,18H2,1H3. The van der Waals surface area contributed by atoms with Crippen LogP contribution in [-0.4, -0.2) is 12.3 Å². The van der Waals surface area contributed by atoms with Crippen molar-refractivity contribution in [3.63, 3.8) is 0 Å². The van der Waals surface area contributed by atoms with Crippen molar-refractivity contribution in [2.24, 2.45) is 11.7 Å². The molecule has 0 spiro atoms. The van der Waals surface area contributed by atoms with Crippen LogP contribution in [-0.2, 0) is 11.2 Å². The van der Waals surface area contributed by atoms with Gasteiger partial charge in [0.2, 0.25) is 0 Å². The fourth-order valence-corrected chi connectivity index (χ4v) is 2.38. The highest BCUT2D eigenvalue weighted by Gasteiger charge is 2.12. The van der Waals surface area contributed by atoms with Gasteiger partial charge in [0, 0.05) is 12.8 Å². The van der Waals surface area contributed by atoms with Crippen molar-refractivity contribution < 1.29 is 9.18 Å². The molecule has 19 heavy (non-hydrogen) atoms. The summed E-state index contributed by atoms with van der Waals surface area (Å²) < 4.78 is 13.4. The third-order valence-electron chi connectivity index (χ3n) is 3.45. The van der Waals surface area contributed by atoms with Crippen LogP contribution in [0.15, 0.2) is 24.3 Å². The van der Waals surface area contributed by atoms with E-state index in [0.29, 0.717) is 24.4 Å². The first-order valence-electron chi connectivity index (χ1n) is 7.12. The normalized spacial score (nSPS) is 12.4. The molecule has 1 rings (SSSR count). The first-order chi connectivity index (χ1) is 9.17. The maximum atomic E-state index is 13.4. The van der Waals surface area contributed by atoms with Crippen molar-refractivity contribution in [3.05, 3.63) is 35.6 Å². The molecule has 0 saturated heterocycles. The molecule has 1 unspecified atom stereocenters. The summed E-state index contributed by atoms with van der Waals surface area (Å²) in [4.78, 5) is 11.9. The van der Waals surface area contributed by atoms with E-state index < -0.39 is 0 Å². The summed E-state index contributed by atoms with van der Waals surface area (Å²) in [7, 11) is 0. The van der Waals surface area contributed by atoms with Gasteiger partial charge >= 0.3 is 0 Å². The molecule has 106 valence electrons. The molecule has 0 aliphatic heterocycles. The van der Waals surface area contributed by atoms with Crippen molar-refractivity contribution in [1.82, 2.24) is 0 Å². The van der Waals surface area contributed by atoms with E-state index in [1.807, 2.05) is 0 Å². The van der Waals surface area contributed by atoms with Gasteiger partial charge in [0.15, 0.2) is 0 Å². The van der Waals surface area contributed by atoms with E-state index in [1.165, 1.54) is 6.07 Å². The topological polar surface area (TPSA) is 43.1 Å². The molecule has 1 atom stereocenters. The van der Waals surface area contributed by atoms with Crippen molar-refractivity contribution in [3.8, 4) is 0 Å². The molecule has 2 N–H and O–H groups in total. The SMILES string of the molecule is CCCC(CCN)CCC(=O)Cc1ccccc1F. The molecule has 1 aromatic rings. The molecular formula is C16H24FNO. The predicted molar refractivity (Wildman–Crippen MR) is 76.4 cm³/mol. The van der Waals surface area contributed by atoms with Gasteiger partial charge < -0.3 is 5.73 Å². The summed E-state index contributed by atoms with van der Waals surface area (Å²) in [5.41, 5.74) is 6.07. The Labute approximate surface area is 115 Å². The van der Waals surface area contributed by atoms with E-state index in [9.17, 15) is 9.18 Å². The fourth-order valence-electron chi connectivity index (χ4n) is 2.38. The van der Waals surface area contributed by atoms with Gasteiger partial charge in [0.05, 0.1) is 0 Å². The lowest BCUT2D eigenvalue weighted by molar-refractivity contribution is -0.118. The van der Waals surface area contributed by atoms with Crippen LogP contribution in [0, 0.1) is 11.7 Å². The van der Waals surface area contributed by atoms with Gasteiger partial charge in [-0.2, -0.15) is 0 Å². The van der Waals surface area contributed by atoms with Crippen LogP contribution in [0.5, 0.6) is 0 Å². The highest BCUT2D eigenvalue weighted by Crippen LogP contribution is 2.18. The fraction of sp³-hybridized carbons (Fsp3) is 0.562. The Hall–Kier alpha value is -1.22. The third-order valence-corrected chi connectivity index (χ3v) is 3.45. The molecule has 0 aromatic heterocycles. The van der Waals surface area contributed by atoms with Gasteiger partial charge in [0.1, 0.15) is 11.6 Å². The highest BCUT2D eigenvalue weighted by molar-refractivity contribution is 5.80. The zero-order chi connectivity index (χ0) is 14.1. The number of ketones is 1. The van der Waals surface area contributed by atoms with Crippen LogP contribution < -0.4 is 5.73 Å². The van der Waals surface area contributed by atoms with Crippen LogP contribution in [0.25, 0.3) is 0 Å². The van der Waals surface area contributed by atoms with Crippen LogP contribution >= 0.6 is 0 Å². The van der Waals surface area contributed by atoms with E-state index in [1.54, 1.807) is 18.2 Å². The summed E-state index contributed by atoms with van der Waals surface area (Å²) in [6, 6.07) is 6.48. The van der Waals surface area contributed by atoms with E-state index >= 15 is 0 Å². The molecule has 0 fully saturated rings. The minimum Gasteiger partial charge on any atom is -0.330 e. The third kappa shape index (κ3) is 5.97. The highest BCUT2D eigenvalue weighted by atomic mass is 19.1. The van der Waals surface area contributed by atoms with E-state index in [0.717, 1.165) is 25.7 Å². The summed E-state index contributed by atoms with van der Waals surface area (Å²) in [5, 5.41) is 0. The Balaban J connectivity index is 2.40. The minimum absolute atomic E-state index is 0.114. The molecule has 0 amide bonds. The van der Waals surface area contributed by atoms with E-state index in [4.69, 9.17) is 5.73 Å². The molecular weight excluding hydrogens is 241 g/mol. The Morgan fingerprint density at radius 2 is 2.00 bits per heavy atom. The molecule has 0 heterocycles. The van der Waals surface area contributed by atoms with Crippen LogP contribution in [0.1, 0.15) is 44.6 Å². The molecule has 0 saturated carbocycles. The molecule has 2 nitrogen and oxygen atoms in total. The molecule has 0 radical (unpaired) electrons. The van der Waals surface area contributed by atoms with Gasteiger partial charge in [-0.25, -0.2) is 4.39 Å². The number of rotatable bonds is 9. The summed E-state index contributed by atoms with van der Waals surface area (Å²) in [5.74, 6) is 0.353. The number of Topliss-reactive ketones (excluding diaryl/α,β-unsaturated/α-hetero) is 1. The number of nitrogens with two attached hydrogens (primary N) is 1. The lowest BCUT2D eigenvalue weighted by Gasteiger charge is -2.14. The van der Waals surface area contributed by atoms with Crippen molar-refractivity contribution in [2.45, 2.75) is 45.4 Å². The number of benzene rings is 1. The second-order valence-electron chi connectivity index (χ2n) is 5.08. The number of carbonyl (C=O) groups is 1. The zero-order valence-electron chi connectivity index (χ0n) is 11.7. The zero-order valence-corrected chi connectivity index (χ0v) is 11.7. The van der Waals surface area contributed by atoms with Crippen molar-refractivity contribution >= 4 is 5.78 Å². The average Bonchev–Trinajstić information content (AvgIpc) is 2.39. The smallest absolute Gasteiger partial charge is 0.137 e.